The first-order chi connectivity index (χ1) is 9.11. The van der Waals surface area contributed by atoms with Gasteiger partial charge in [0.15, 0.2) is 11.6 Å². The normalized spacial score (nSPS) is 14.1. The molecule has 5 heteroatoms. The van der Waals surface area contributed by atoms with E-state index in [1.54, 1.807) is 0 Å². The molecule has 0 fully saturated rings. The summed E-state index contributed by atoms with van der Waals surface area (Å²) in [6.07, 6.45) is 0.209. The van der Waals surface area contributed by atoms with E-state index in [-0.39, 0.29) is 11.8 Å². The molecule has 0 spiro atoms. The predicted molar refractivity (Wildman–Crippen MR) is 72.3 cm³/mol. The van der Waals surface area contributed by atoms with Crippen molar-refractivity contribution >= 4 is 11.3 Å². The minimum atomic E-state index is -0.591. The summed E-state index contributed by atoms with van der Waals surface area (Å²) in [5.74, 6) is -1.24. The lowest BCUT2D eigenvalue weighted by Crippen LogP contribution is -2.31. The van der Waals surface area contributed by atoms with Gasteiger partial charge in [0.05, 0.1) is 0 Å². The fourth-order valence-corrected chi connectivity index (χ4v) is 2.56. The average Bonchev–Trinajstić information content (AvgIpc) is 2.92. The first-order valence-electron chi connectivity index (χ1n) is 6.02. The van der Waals surface area contributed by atoms with E-state index in [9.17, 15) is 8.78 Å². The first-order valence-corrected chi connectivity index (χ1v) is 6.90. The molecule has 0 saturated carbocycles. The van der Waals surface area contributed by atoms with Crippen LogP contribution in [0.5, 0.6) is 5.75 Å². The van der Waals surface area contributed by atoms with Crippen molar-refractivity contribution in [3.63, 3.8) is 0 Å². The summed E-state index contributed by atoms with van der Waals surface area (Å²) in [4.78, 5) is 0.901. The van der Waals surface area contributed by atoms with Gasteiger partial charge in [-0.25, -0.2) is 8.78 Å². The summed E-state index contributed by atoms with van der Waals surface area (Å²) in [5, 5.41) is 1.90. The van der Waals surface area contributed by atoms with E-state index >= 15 is 0 Å². The van der Waals surface area contributed by atoms with Gasteiger partial charge in [0.25, 0.3) is 0 Å². The lowest BCUT2D eigenvalue weighted by Gasteiger charge is -2.23. The van der Waals surface area contributed by atoms with Crippen LogP contribution in [0, 0.1) is 11.6 Å². The third-order valence-corrected chi connectivity index (χ3v) is 3.76. The Balaban J connectivity index is 2.28. The van der Waals surface area contributed by atoms with Gasteiger partial charge in [-0.1, -0.05) is 13.0 Å². The summed E-state index contributed by atoms with van der Waals surface area (Å²) >= 11 is 1.48. The second kappa shape index (κ2) is 6.12. The van der Waals surface area contributed by atoms with Crippen LogP contribution < -0.4 is 10.5 Å². The molecule has 2 N–H and O–H groups in total. The van der Waals surface area contributed by atoms with Crippen LogP contribution in [0.25, 0.3) is 0 Å². The van der Waals surface area contributed by atoms with Crippen LogP contribution in [0.3, 0.4) is 0 Å². The van der Waals surface area contributed by atoms with Crippen molar-refractivity contribution in [2.45, 2.75) is 25.5 Å². The zero-order chi connectivity index (χ0) is 13.8. The molecule has 2 atom stereocenters. The second-order valence-corrected chi connectivity index (χ2v) is 5.18. The highest BCUT2D eigenvalue weighted by Gasteiger charge is 2.23. The molecule has 1 aromatic carbocycles. The molecule has 102 valence electrons. The molecule has 2 nitrogen and oxygen atoms in total. The van der Waals surface area contributed by atoms with Crippen LogP contribution in [-0.4, -0.2) is 6.04 Å². The van der Waals surface area contributed by atoms with E-state index in [0.717, 1.165) is 23.1 Å². The van der Waals surface area contributed by atoms with Crippen molar-refractivity contribution in [3.8, 4) is 5.75 Å². The van der Waals surface area contributed by atoms with Crippen LogP contribution in [0.1, 0.15) is 24.3 Å². The van der Waals surface area contributed by atoms with E-state index in [0.29, 0.717) is 6.42 Å². The van der Waals surface area contributed by atoms with Gasteiger partial charge in [0.2, 0.25) is 0 Å². The summed E-state index contributed by atoms with van der Waals surface area (Å²) in [6.45, 7) is 1.93. The van der Waals surface area contributed by atoms with E-state index in [2.05, 4.69) is 0 Å². The highest BCUT2D eigenvalue weighted by molar-refractivity contribution is 7.10. The fourth-order valence-electron chi connectivity index (χ4n) is 1.73. The number of hydrogen-bond acceptors (Lipinski definition) is 3. The van der Waals surface area contributed by atoms with Gasteiger partial charge >= 0.3 is 0 Å². The Morgan fingerprint density at radius 3 is 2.74 bits per heavy atom. The molecule has 19 heavy (non-hydrogen) atoms. The van der Waals surface area contributed by atoms with Crippen molar-refractivity contribution in [3.05, 3.63) is 52.2 Å². The van der Waals surface area contributed by atoms with E-state index in [1.165, 1.54) is 11.3 Å². The maximum atomic E-state index is 13.6. The maximum absolute atomic E-state index is 13.6. The predicted octanol–water partition coefficient (Wildman–Crippen LogP) is 3.88. The molecular formula is C14H15F2NOS. The lowest BCUT2D eigenvalue weighted by molar-refractivity contribution is 0.166. The number of halogens is 2. The molecule has 1 aromatic heterocycles. The maximum Gasteiger partial charge on any atom is 0.165 e. The molecule has 2 aromatic rings. The molecule has 2 unspecified atom stereocenters. The van der Waals surface area contributed by atoms with E-state index in [4.69, 9.17) is 10.5 Å². The molecule has 0 radical (unpaired) electrons. The molecule has 0 aliphatic heterocycles. The van der Waals surface area contributed by atoms with Gasteiger partial charge in [0, 0.05) is 17.0 Å². The van der Waals surface area contributed by atoms with Crippen molar-refractivity contribution < 1.29 is 13.5 Å². The van der Waals surface area contributed by atoms with Crippen LogP contribution >= 0.6 is 11.3 Å². The van der Waals surface area contributed by atoms with Gasteiger partial charge in [0.1, 0.15) is 11.9 Å². The van der Waals surface area contributed by atoms with Crippen molar-refractivity contribution in [1.82, 2.24) is 0 Å². The SMILES string of the molecule is CCC(N)C(Oc1cc(F)ccc1F)c1cccs1. The van der Waals surface area contributed by atoms with Crippen molar-refractivity contribution in [1.29, 1.82) is 0 Å². The largest absolute Gasteiger partial charge is 0.480 e. The number of ether oxygens (including phenoxy) is 1. The molecule has 0 aliphatic rings. The average molecular weight is 283 g/mol. The first kappa shape index (κ1) is 14.0. The third-order valence-electron chi connectivity index (χ3n) is 2.83. The van der Waals surface area contributed by atoms with Gasteiger partial charge in [-0.2, -0.15) is 0 Å². The Morgan fingerprint density at radius 1 is 1.32 bits per heavy atom. The number of benzene rings is 1. The minimum absolute atomic E-state index is 0.109. The molecule has 0 aliphatic carbocycles. The number of hydrogen-bond donors (Lipinski definition) is 1. The minimum Gasteiger partial charge on any atom is -0.480 e. The van der Waals surface area contributed by atoms with E-state index < -0.39 is 17.7 Å². The smallest absolute Gasteiger partial charge is 0.165 e. The van der Waals surface area contributed by atoms with Crippen molar-refractivity contribution in [2.24, 2.45) is 5.73 Å². The number of rotatable bonds is 5. The summed E-state index contributed by atoms with van der Waals surface area (Å²) in [5.41, 5.74) is 6.01. The van der Waals surface area contributed by atoms with Gasteiger partial charge < -0.3 is 10.5 Å². The van der Waals surface area contributed by atoms with Crippen LogP contribution in [0.15, 0.2) is 35.7 Å². The van der Waals surface area contributed by atoms with Gasteiger partial charge in [-0.05, 0) is 30.0 Å². The quantitative estimate of drug-likeness (QED) is 0.903. The zero-order valence-corrected chi connectivity index (χ0v) is 11.3. The molecule has 1 heterocycles. The Labute approximate surface area is 114 Å². The number of nitrogens with two attached hydrogens (primary N) is 1. The molecule has 0 saturated heterocycles. The summed E-state index contributed by atoms with van der Waals surface area (Å²) < 4.78 is 32.4. The van der Waals surface area contributed by atoms with Crippen LogP contribution in [0.4, 0.5) is 8.78 Å². The van der Waals surface area contributed by atoms with Gasteiger partial charge in [-0.3, -0.25) is 0 Å². The van der Waals surface area contributed by atoms with E-state index in [1.807, 2.05) is 24.4 Å². The van der Waals surface area contributed by atoms with Crippen molar-refractivity contribution in [2.75, 3.05) is 0 Å². The molecule has 0 bridgehead atoms. The van der Waals surface area contributed by atoms with Gasteiger partial charge in [-0.15, -0.1) is 11.3 Å². The highest BCUT2D eigenvalue weighted by atomic mass is 32.1. The number of thiophene rings is 1. The Bertz CT molecular complexity index is 530. The summed E-state index contributed by atoms with van der Waals surface area (Å²) in [7, 11) is 0. The lowest BCUT2D eigenvalue weighted by atomic mass is 10.1. The Morgan fingerprint density at radius 2 is 2.11 bits per heavy atom. The molecular weight excluding hydrogens is 268 g/mol. The Hall–Kier alpha value is -1.46. The zero-order valence-electron chi connectivity index (χ0n) is 10.5. The van der Waals surface area contributed by atoms with Crippen LogP contribution in [-0.2, 0) is 0 Å². The summed E-state index contributed by atoms with van der Waals surface area (Å²) in [6, 6.07) is 6.62. The monoisotopic (exact) mass is 283 g/mol. The second-order valence-electron chi connectivity index (χ2n) is 4.20. The highest BCUT2D eigenvalue weighted by Crippen LogP contribution is 2.30. The molecule has 2 rings (SSSR count). The Kier molecular flexibility index (Phi) is 4.50. The third kappa shape index (κ3) is 3.30. The fraction of sp³-hybridized carbons (Fsp3) is 0.286. The molecule has 0 amide bonds. The standard InChI is InChI=1S/C14H15F2NOS/c1-2-11(17)14(13-4-3-7-19-13)18-12-8-9(15)5-6-10(12)16/h3-8,11,14H,2,17H2,1H3. The van der Waals surface area contributed by atoms with Crippen LogP contribution in [0.2, 0.25) is 0 Å². The topological polar surface area (TPSA) is 35.2 Å².